The predicted molar refractivity (Wildman–Crippen MR) is 127 cm³/mol. The third-order valence-corrected chi connectivity index (χ3v) is 5.90. The van der Waals surface area contributed by atoms with Crippen LogP contribution in [0.15, 0.2) is 71.8 Å². The molecule has 4 amide bonds. The number of carbonyl (C=O) groups excluding carboxylic acids is 3. The topological polar surface area (TPSA) is 91.8 Å². The largest absolute Gasteiger partial charge is 0.497 e. The van der Waals surface area contributed by atoms with Crippen molar-refractivity contribution in [3.8, 4) is 5.75 Å². The number of nitrogens with zero attached hydrogens (tertiary/aromatic N) is 3. The third kappa shape index (κ3) is 5.95. The number of hydrogen-bond donors (Lipinski definition) is 1. The van der Waals surface area contributed by atoms with Gasteiger partial charge in [0.1, 0.15) is 18.1 Å². The van der Waals surface area contributed by atoms with Gasteiger partial charge in [0.05, 0.1) is 12.8 Å². The van der Waals surface area contributed by atoms with E-state index in [1.54, 1.807) is 36.4 Å². The van der Waals surface area contributed by atoms with E-state index in [4.69, 9.17) is 4.74 Å². The first-order valence-corrected chi connectivity index (χ1v) is 11.3. The molecule has 36 heavy (non-hydrogen) atoms. The van der Waals surface area contributed by atoms with Gasteiger partial charge in [-0.15, -0.1) is 0 Å². The third-order valence-electron chi connectivity index (χ3n) is 5.16. The summed E-state index contributed by atoms with van der Waals surface area (Å²) in [6, 6.07) is 14.2. The molecule has 186 valence electrons. The van der Waals surface area contributed by atoms with E-state index in [2.05, 4.69) is 10.3 Å². The number of methoxy groups -OCH3 is 1. The lowest BCUT2D eigenvalue weighted by atomic mass is 10.2. The Morgan fingerprint density at radius 2 is 1.78 bits per heavy atom. The van der Waals surface area contributed by atoms with E-state index in [1.165, 1.54) is 42.5 Å². The number of ether oxygens (including phenoxy) is 1. The zero-order chi connectivity index (χ0) is 25.9. The first kappa shape index (κ1) is 25.0. The summed E-state index contributed by atoms with van der Waals surface area (Å²) in [7, 11) is 1.52. The number of alkyl halides is 3. The molecule has 8 nitrogen and oxygen atoms in total. The van der Waals surface area contributed by atoms with Gasteiger partial charge in [0.25, 0.3) is 11.8 Å². The minimum atomic E-state index is -4.44. The highest BCUT2D eigenvalue weighted by atomic mass is 32.2. The van der Waals surface area contributed by atoms with Crippen molar-refractivity contribution in [1.29, 1.82) is 0 Å². The molecule has 0 unspecified atom stereocenters. The van der Waals surface area contributed by atoms with Gasteiger partial charge in [0.2, 0.25) is 0 Å². The summed E-state index contributed by atoms with van der Waals surface area (Å²) in [4.78, 5) is 44.2. The maximum absolute atomic E-state index is 12.9. The molecule has 2 aromatic carbocycles. The van der Waals surface area contributed by atoms with Crippen molar-refractivity contribution < 1.29 is 32.3 Å². The van der Waals surface area contributed by atoms with Crippen LogP contribution in [0.5, 0.6) is 5.75 Å². The molecule has 0 aliphatic carbocycles. The molecule has 12 heteroatoms. The SMILES string of the molecule is COc1ccc(C(=O)Nc2cc(CN3CC(=O)N(c4ccc(SC(F)(F)F)cc4)C3=O)ccn2)cc1. The van der Waals surface area contributed by atoms with Crippen LogP contribution in [-0.2, 0) is 11.3 Å². The quantitative estimate of drug-likeness (QED) is 0.354. The van der Waals surface area contributed by atoms with Crippen LogP contribution in [0.1, 0.15) is 15.9 Å². The van der Waals surface area contributed by atoms with Gasteiger partial charge in [-0.05, 0) is 78.0 Å². The van der Waals surface area contributed by atoms with Crippen molar-refractivity contribution in [2.45, 2.75) is 16.9 Å². The lowest BCUT2D eigenvalue weighted by Crippen LogP contribution is -2.32. The number of halogens is 3. The van der Waals surface area contributed by atoms with Crippen LogP contribution in [0.4, 0.5) is 29.5 Å². The van der Waals surface area contributed by atoms with Crippen molar-refractivity contribution >= 4 is 41.1 Å². The monoisotopic (exact) mass is 516 g/mol. The van der Waals surface area contributed by atoms with Gasteiger partial charge < -0.3 is 15.0 Å². The number of anilines is 2. The van der Waals surface area contributed by atoms with E-state index in [0.29, 0.717) is 16.9 Å². The highest BCUT2D eigenvalue weighted by Crippen LogP contribution is 2.37. The van der Waals surface area contributed by atoms with Crippen LogP contribution in [0.25, 0.3) is 0 Å². The number of amides is 4. The number of urea groups is 1. The van der Waals surface area contributed by atoms with Crippen molar-refractivity contribution in [1.82, 2.24) is 9.88 Å². The summed E-state index contributed by atoms with van der Waals surface area (Å²) in [6.45, 7) is -0.134. The van der Waals surface area contributed by atoms with Crippen LogP contribution in [0.2, 0.25) is 0 Å². The molecule has 0 saturated carbocycles. The Labute approximate surface area is 208 Å². The molecule has 1 aliphatic rings. The second-order valence-electron chi connectivity index (χ2n) is 7.64. The van der Waals surface area contributed by atoms with Crippen molar-refractivity contribution in [2.24, 2.45) is 0 Å². The van der Waals surface area contributed by atoms with Crippen LogP contribution in [0.3, 0.4) is 0 Å². The van der Waals surface area contributed by atoms with Gasteiger partial charge in [0, 0.05) is 23.2 Å². The highest BCUT2D eigenvalue weighted by Gasteiger charge is 2.37. The van der Waals surface area contributed by atoms with E-state index >= 15 is 0 Å². The summed E-state index contributed by atoms with van der Waals surface area (Å²) in [5.74, 6) is -0.00562. The van der Waals surface area contributed by atoms with Crippen molar-refractivity contribution in [2.75, 3.05) is 23.9 Å². The van der Waals surface area contributed by atoms with Crippen LogP contribution >= 0.6 is 11.8 Å². The van der Waals surface area contributed by atoms with E-state index in [-0.39, 0.29) is 47.2 Å². The number of imide groups is 1. The summed E-state index contributed by atoms with van der Waals surface area (Å²) in [5, 5.41) is 2.68. The number of thioether (sulfide) groups is 1. The molecule has 1 fully saturated rings. The Morgan fingerprint density at radius 1 is 1.08 bits per heavy atom. The summed E-state index contributed by atoms with van der Waals surface area (Å²) in [6.07, 6.45) is 1.47. The molecule has 1 N–H and O–H groups in total. The average molecular weight is 517 g/mol. The molecule has 0 radical (unpaired) electrons. The fourth-order valence-corrected chi connectivity index (χ4v) is 4.06. The molecule has 1 saturated heterocycles. The molecule has 0 spiro atoms. The Bertz CT molecular complexity index is 1280. The van der Waals surface area contributed by atoms with Crippen LogP contribution in [-0.4, -0.2) is 46.9 Å². The zero-order valence-corrected chi connectivity index (χ0v) is 19.6. The van der Waals surface area contributed by atoms with Crippen LogP contribution in [0, 0.1) is 0 Å². The Hall–Kier alpha value is -4.06. The van der Waals surface area contributed by atoms with Gasteiger partial charge in [-0.1, -0.05) is 0 Å². The summed E-state index contributed by atoms with van der Waals surface area (Å²) >= 11 is -0.279. The molecule has 0 atom stereocenters. The number of benzene rings is 2. The van der Waals surface area contributed by atoms with Crippen molar-refractivity contribution in [3.05, 3.63) is 78.0 Å². The van der Waals surface area contributed by atoms with Gasteiger partial charge >= 0.3 is 11.5 Å². The lowest BCUT2D eigenvalue weighted by molar-refractivity contribution is -0.116. The number of rotatable bonds is 7. The van der Waals surface area contributed by atoms with Gasteiger partial charge in [-0.2, -0.15) is 13.2 Å². The fraction of sp³-hybridized carbons (Fsp3) is 0.167. The second-order valence-corrected chi connectivity index (χ2v) is 8.78. The van der Waals surface area contributed by atoms with E-state index in [0.717, 1.165) is 4.90 Å². The number of carbonyl (C=O) groups is 3. The van der Waals surface area contributed by atoms with Crippen molar-refractivity contribution in [3.63, 3.8) is 0 Å². The molecule has 1 aliphatic heterocycles. The molecule has 0 bridgehead atoms. The second kappa shape index (κ2) is 10.3. The van der Waals surface area contributed by atoms with E-state index in [1.807, 2.05) is 0 Å². The Kier molecular flexibility index (Phi) is 7.15. The number of aromatic nitrogens is 1. The standard InChI is InChI=1S/C24H19F3N4O4S/c1-35-18-6-2-16(3-7-18)22(33)29-20-12-15(10-11-28-20)13-30-14-21(32)31(23(30)34)17-4-8-19(9-5-17)36-24(25,26)27/h2-12H,13-14H2,1H3,(H,28,29,33). The summed E-state index contributed by atoms with van der Waals surface area (Å²) in [5.41, 5.74) is -3.23. The first-order valence-electron chi connectivity index (χ1n) is 10.5. The molecule has 4 rings (SSSR count). The van der Waals surface area contributed by atoms with Gasteiger partial charge in [0.15, 0.2) is 0 Å². The lowest BCUT2D eigenvalue weighted by Gasteiger charge is -2.18. The van der Waals surface area contributed by atoms with E-state index < -0.39 is 17.4 Å². The predicted octanol–water partition coefficient (Wildman–Crippen LogP) is 4.92. The molecule has 2 heterocycles. The molecular formula is C24H19F3N4O4S. The fourth-order valence-electron chi connectivity index (χ4n) is 3.52. The number of nitrogens with one attached hydrogen (secondary N) is 1. The normalized spacial score (nSPS) is 13.8. The Morgan fingerprint density at radius 3 is 2.42 bits per heavy atom. The van der Waals surface area contributed by atoms with Crippen LogP contribution < -0.4 is 15.0 Å². The molecule has 1 aromatic heterocycles. The minimum absolute atomic E-state index is 0.0526. The maximum atomic E-state index is 12.9. The number of hydrogen-bond acceptors (Lipinski definition) is 6. The molecule has 3 aromatic rings. The zero-order valence-electron chi connectivity index (χ0n) is 18.8. The first-order chi connectivity index (χ1) is 17.1. The molecular weight excluding hydrogens is 497 g/mol. The van der Waals surface area contributed by atoms with E-state index in [9.17, 15) is 27.6 Å². The minimum Gasteiger partial charge on any atom is -0.497 e. The Balaban J connectivity index is 1.42. The number of pyridine rings is 1. The summed E-state index contributed by atoms with van der Waals surface area (Å²) < 4.78 is 42.7. The average Bonchev–Trinajstić information content (AvgIpc) is 3.11. The van der Waals surface area contributed by atoms with Gasteiger partial charge in [-0.25, -0.2) is 14.7 Å². The smallest absolute Gasteiger partial charge is 0.446 e. The van der Waals surface area contributed by atoms with Gasteiger partial charge in [-0.3, -0.25) is 9.59 Å². The highest BCUT2D eigenvalue weighted by molar-refractivity contribution is 8.00. The maximum Gasteiger partial charge on any atom is 0.446 e.